The Morgan fingerprint density at radius 3 is 2.50 bits per heavy atom. The fraction of sp³-hybridized carbons (Fsp3) is 0.467. The van der Waals surface area contributed by atoms with Gasteiger partial charge in [0.1, 0.15) is 5.60 Å². The summed E-state index contributed by atoms with van der Waals surface area (Å²) in [4.78, 5) is 22.9. The van der Waals surface area contributed by atoms with Gasteiger partial charge in [-0.15, -0.1) is 0 Å². The molecule has 1 amide bonds. The molecule has 0 heterocycles. The van der Waals surface area contributed by atoms with Gasteiger partial charge in [0.15, 0.2) is 0 Å². The zero-order valence-electron chi connectivity index (χ0n) is 12.7. The van der Waals surface area contributed by atoms with Crippen LogP contribution in [0.2, 0.25) is 10.0 Å². The van der Waals surface area contributed by atoms with Crippen molar-refractivity contribution in [1.82, 2.24) is 5.32 Å². The lowest BCUT2D eigenvalue weighted by Crippen LogP contribution is -2.37. The van der Waals surface area contributed by atoms with Gasteiger partial charge in [-0.3, -0.25) is 4.79 Å². The quantitative estimate of drug-likeness (QED) is 0.850. The highest BCUT2D eigenvalue weighted by Gasteiger charge is 2.22. The number of carboxylic acid groups (broad SMARTS) is 1. The minimum atomic E-state index is -1.04. The molecule has 1 unspecified atom stereocenters. The van der Waals surface area contributed by atoms with Crippen LogP contribution in [0.15, 0.2) is 18.2 Å². The molecule has 0 saturated heterocycles. The van der Waals surface area contributed by atoms with Gasteiger partial charge >= 0.3 is 12.1 Å². The monoisotopic (exact) mass is 347 g/mol. The van der Waals surface area contributed by atoms with Crippen LogP contribution < -0.4 is 5.32 Å². The molecule has 1 aromatic carbocycles. The molecule has 122 valence electrons. The molecule has 1 aromatic rings. The largest absolute Gasteiger partial charge is 0.481 e. The zero-order valence-corrected chi connectivity index (χ0v) is 14.2. The highest BCUT2D eigenvalue weighted by atomic mass is 35.5. The number of ether oxygens (including phenoxy) is 1. The maximum absolute atomic E-state index is 11.6. The van der Waals surface area contributed by atoms with Gasteiger partial charge in [0.05, 0.1) is 16.0 Å². The number of carbonyl (C=O) groups excluding carboxylic acids is 1. The third-order valence-electron chi connectivity index (χ3n) is 2.74. The summed E-state index contributed by atoms with van der Waals surface area (Å²) in [6, 6.07) is 5.03. The van der Waals surface area contributed by atoms with Crippen LogP contribution in [0, 0.1) is 5.92 Å². The lowest BCUT2D eigenvalue weighted by molar-refractivity contribution is -0.141. The van der Waals surface area contributed by atoms with Crippen LogP contribution in [0.25, 0.3) is 0 Å². The van der Waals surface area contributed by atoms with Crippen LogP contribution in [0.3, 0.4) is 0 Å². The molecule has 0 aliphatic heterocycles. The normalized spacial score (nSPS) is 12.6. The Kier molecular flexibility index (Phi) is 6.50. The van der Waals surface area contributed by atoms with Crippen molar-refractivity contribution in [2.75, 3.05) is 6.54 Å². The summed E-state index contributed by atoms with van der Waals surface area (Å²) in [6.07, 6.45) is -0.499. The molecule has 0 aliphatic carbocycles. The molecule has 7 heteroatoms. The Morgan fingerprint density at radius 2 is 1.95 bits per heavy atom. The van der Waals surface area contributed by atoms with E-state index in [4.69, 9.17) is 27.9 Å². The Bertz CT molecular complexity index is 555. The van der Waals surface area contributed by atoms with E-state index in [2.05, 4.69) is 5.32 Å². The van der Waals surface area contributed by atoms with E-state index in [1.165, 1.54) is 0 Å². The number of carbonyl (C=O) groups is 2. The lowest BCUT2D eigenvalue weighted by atomic mass is 9.99. The third-order valence-corrected chi connectivity index (χ3v) is 3.60. The number of benzene rings is 1. The van der Waals surface area contributed by atoms with Crippen molar-refractivity contribution in [3.8, 4) is 0 Å². The average molecular weight is 348 g/mol. The highest BCUT2D eigenvalue weighted by molar-refractivity contribution is 6.42. The molecule has 0 radical (unpaired) electrons. The molecule has 1 atom stereocenters. The van der Waals surface area contributed by atoms with E-state index < -0.39 is 23.6 Å². The van der Waals surface area contributed by atoms with Gasteiger partial charge in [0, 0.05) is 6.54 Å². The van der Waals surface area contributed by atoms with E-state index in [0.717, 1.165) is 0 Å². The zero-order chi connectivity index (χ0) is 16.9. The van der Waals surface area contributed by atoms with Crippen molar-refractivity contribution in [2.45, 2.75) is 32.8 Å². The molecule has 1 rings (SSSR count). The van der Waals surface area contributed by atoms with Gasteiger partial charge in [-0.05, 0) is 38.8 Å². The summed E-state index contributed by atoms with van der Waals surface area (Å²) in [5.74, 6) is -1.87. The lowest BCUT2D eigenvalue weighted by Gasteiger charge is -2.21. The summed E-state index contributed by atoms with van der Waals surface area (Å²) >= 11 is 12.0. The maximum Gasteiger partial charge on any atom is 0.407 e. The molecule has 0 bridgehead atoms. The van der Waals surface area contributed by atoms with Crippen molar-refractivity contribution in [3.63, 3.8) is 0 Å². The van der Waals surface area contributed by atoms with Crippen LogP contribution in [0.4, 0.5) is 4.79 Å². The number of hydrogen-bond donors (Lipinski definition) is 2. The number of aliphatic carboxylic acids is 1. The number of hydrogen-bond acceptors (Lipinski definition) is 3. The predicted octanol–water partition coefficient (Wildman–Crippen LogP) is 3.76. The average Bonchev–Trinajstić information content (AvgIpc) is 2.36. The van der Waals surface area contributed by atoms with Crippen molar-refractivity contribution in [2.24, 2.45) is 5.92 Å². The van der Waals surface area contributed by atoms with Crippen molar-refractivity contribution >= 4 is 35.3 Å². The second-order valence-electron chi connectivity index (χ2n) is 5.84. The fourth-order valence-corrected chi connectivity index (χ4v) is 2.14. The molecule has 0 aliphatic rings. The minimum Gasteiger partial charge on any atom is -0.481 e. The first-order valence-corrected chi connectivity index (χ1v) is 7.48. The van der Waals surface area contributed by atoms with Crippen LogP contribution in [0.1, 0.15) is 26.3 Å². The van der Waals surface area contributed by atoms with Gasteiger partial charge in [-0.1, -0.05) is 35.3 Å². The Balaban J connectivity index is 2.69. The van der Waals surface area contributed by atoms with Gasteiger partial charge in [0.25, 0.3) is 0 Å². The van der Waals surface area contributed by atoms with Gasteiger partial charge < -0.3 is 15.2 Å². The number of amides is 1. The summed E-state index contributed by atoms with van der Waals surface area (Å²) in [5, 5.41) is 12.4. The number of nitrogens with one attached hydrogen (secondary N) is 1. The summed E-state index contributed by atoms with van der Waals surface area (Å²) in [7, 11) is 0. The molecule has 0 spiro atoms. The molecular formula is C15H19Cl2NO4. The number of alkyl carbamates (subject to hydrolysis) is 1. The van der Waals surface area contributed by atoms with Gasteiger partial charge in [0.2, 0.25) is 0 Å². The van der Waals surface area contributed by atoms with E-state index in [0.29, 0.717) is 15.6 Å². The standard InChI is InChI=1S/C15H19Cl2NO4/c1-15(2,3)22-14(21)18-8-10(13(19)20)7-9-5-4-6-11(16)12(9)17/h4-6,10H,7-8H2,1-3H3,(H,18,21)(H,19,20). The minimum absolute atomic E-state index is 0.0624. The van der Waals surface area contributed by atoms with E-state index in [9.17, 15) is 14.7 Å². The Hall–Kier alpha value is -1.46. The van der Waals surface area contributed by atoms with Crippen molar-refractivity contribution < 1.29 is 19.4 Å². The van der Waals surface area contributed by atoms with E-state index >= 15 is 0 Å². The summed E-state index contributed by atoms with van der Waals surface area (Å²) in [5.41, 5.74) is -0.0217. The molecule has 2 N–H and O–H groups in total. The first-order chi connectivity index (χ1) is 10.1. The topological polar surface area (TPSA) is 75.6 Å². The second kappa shape index (κ2) is 7.70. The highest BCUT2D eigenvalue weighted by Crippen LogP contribution is 2.27. The van der Waals surface area contributed by atoms with Gasteiger partial charge in [-0.2, -0.15) is 0 Å². The van der Waals surface area contributed by atoms with Crippen LogP contribution in [0.5, 0.6) is 0 Å². The number of rotatable bonds is 5. The van der Waals surface area contributed by atoms with Crippen molar-refractivity contribution in [3.05, 3.63) is 33.8 Å². The van der Waals surface area contributed by atoms with E-state index in [-0.39, 0.29) is 13.0 Å². The molecule has 5 nitrogen and oxygen atoms in total. The smallest absolute Gasteiger partial charge is 0.407 e. The predicted molar refractivity (Wildman–Crippen MR) is 85.5 cm³/mol. The number of halogens is 2. The second-order valence-corrected chi connectivity index (χ2v) is 6.62. The van der Waals surface area contributed by atoms with Gasteiger partial charge in [-0.25, -0.2) is 4.79 Å². The maximum atomic E-state index is 11.6. The van der Waals surface area contributed by atoms with Crippen LogP contribution in [-0.4, -0.2) is 29.3 Å². The summed E-state index contributed by atoms with van der Waals surface area (Å²) in [6.45, 7) is 5.13. The number of carboxylic acids is 1. The molecular weight excluding hydrogens is 329 g/mol. The molecule has 22 heavy (non-hydrogen) atoms. The fourth-order valence-electron chi connectivity index (χ4n) is 1.74. The third kappa shape index (κ3) is 6.12. The Morgan fingerprint density at radius 1 is 1.32 bits per heavy atom. The molecule has 0 saturated carbocycles. The summed E-state index contributed by atoms with van der Waals surface area (Å²) < 4.78 is 5.07. The molecule has 0 fully saturated rings. The first-order valence-electron chi connectivity index (χ1n) is 6.72. The van der Waals surface area contributed by atoms with Crippen LogP contribution >= 0.6 is 23.2 Å². The van der Waals surface area contributed by atoms with E-state index in [1.807, 2.05) is 0 Å². The SMILES string of the molecule is CC(C)(C)OC(=O)NCC(Cc1cccc(Cl)c1Cl)C(=O)O. The Labute approximate surface area is 139 Å². The van der Waals surface area contributed by atoms with E-state index in [1.54, 1.807) is 39.0 Å². The molecule has 0 aromatic heterocycles. The first kappa shape index (κ1) is 18.6. The van der Waals surface area contributed by atoms with Crippen LogP contribution in [-0.2, 0) is 16.0 Å². The van der Waals surface area contributed by atoms with Crippen molar-refractivity contribution in [1.29, 1.82) is 0 Å².